The summed E-state index contributed by atoms with van der Waals surface area (Å²) in [5.74, 6) is 2.63. The quantitative estimate of drug-likeness (QED) is 0.305. The molecule has 0 spiro atoms. The molecule has 0 aliphatic heterocycles. The van der Waals surface area contributed by atoms with Gasteiger partial charge in [-0.25, -0.2) is 0 Å². The van der Waals surface area contributed by atoms with Crippen LogP contribution in [0, 0.1) is 34.5 Å². The van der Waals surface area contributed by atoms with Gasteiger partial charge in [-0.15, -0.1) is 0 Å². The molecule has 0 radical (unpaired) electrons. The largest absolute Gasteiger partial charge is 0.355 e. The maximum atomic E-state index is 5.92. The van der Waals surface area contributed by atoms with Crippen molar-refractivity contribution >= 4 is 0 Å². The highest BCUT2D eigenvalue weighted by atomic mass is 16.7. The Labute approximate surface area is 146 Å². The minimum atomic E-state index is 0.233. The van der Waals surface area contributed by atoms with E-state index in [1.165, 1.54) is 12.8 Å². The predicted molar refractivity (Wildman–Crippen MR) is 102 cm³/mol. The zero-order valence-corrected chi connectivity index (χ0v) is 17.7. The van der Waals surface area contributed by atoms with Gasteiger partial charge < -0.3 is 9.47 Å². The lowest BCUT2D eigenvalue weighted by Crippen LogP contribution is -2.33. The van der Waals surface area contributed by atoms with Crippen molar-refractivity contribution in [3.8, 4) is 0 Å². The Bertz CT molecular complexity index is 279. The van der Waals surface area contributed by atoms with Gasteiger partial charge in [-0.2, -0.15) is 0 Å². The molecule has 0 aliphatic rings. The minimum Gasteiger partial charge on any atom is -0.355 e. The summed E-state index contributed by atoms with van der Waals surface area (Å²) in [7, 11) is 0. The first kappa shape index (κ1) is 22.9. The van der Waals surface area contributed by atoms with E-state index in [0.29, 0.717) is 30.5 Å². The van der Waals surface area contributed by atoms with Crippen LogP contribution in [0.5, 0.6) is 0 Å². The van der Waals surface area contributed by atoms with Crippen LogP contribution < -0.4 is 0 Å². The lowest BCUT2D eigenvalue weighted by Gasteiger charge is -2.36. The number of ether oxygens (including phenoxy) is 2. The summed E-state index contributed by atoms with van der Waals surface area (Å²) in [5, 5.41) is 0. The molecule has 140 valence electrons. The van der Waals surface area contributed by atoms with E-state index in [-0.39, 0.29) is 10.8 Å². The minimum absolute atomic E-state index is 0.233. The van der Waals surface area contributed by atoms with Crippen LogP contribution in [0.15, 0.2) is 0 Å². The molecule has 0 aliphatic carbocycles. The Morgan fingerprint density at radius 2 is 0.913 bits per heavy atom. The van der Waals surface area contributed by atoms with E-state index in [2.05, 4.69) is 69.2 Å². The van der Waals surface area contributed by atoms with Gasteiger partial charge in [0.2, 0.25) is 0 Å². The summed E-state index contributed by atoms with van der Waals surface area (Å²) < 4.78 is 11.8. The standard InChI is InChI=1S/C21H44O2/c1-16(2)11-20(9,18(5)6)13-22-15-23-14-21(10,19(7)8)12-17(3)4/h16-19H,11-15H2,1-10H3. The van der Waals surface area contributed by atoms with Crippen molar-refractivity contribution in [2.24, 2.45) is 34.5 Å². The Morgan fingerprint density at radius 3 is 1.13 bits per heavy atom. The smallest absolute Gasteiger partial charge is 0.146 e. The van der Waals surface area contributed by atoms with Gasteiger partial charge in [-0.05, 0) is 47.3 Å². The average Bonchev–Trinajstić information content (AvgIpc) is 2.36. The molecule has 0 rings (SSSR count). The highest BCUT2D eigenvalue weighted by Gasteiger charge is 2.31. The second-order valence-electron chi connectivity index (χ2n) is 9.63. The molecule has 0 saturated carbocycles. The molecule has 0 saturated heterocycles. The second-order valence-corrected chi connectivity index (χ2v) is 9.63. The SMILES string of the molecule is CC(C)CC(C)(COCOCC(C)(CC(C)C)C(C)C)C(C)C. The van der Waals surface area contributed by atoms with Crippen LogP contribution >= 0.6 is 0 Å². The van der Waals surface area contributed by atoms with Crippen molar-refractivity contribution in [1.82, 2.24) is 0 Å². The molecule has 2 unspecified atom stereocenters. The van der Waals surface area contributed by atoms with E-state index in [0.717, 1.165) is 13.2 Å². The van der Waals surface area contributed by atoms with Crippen molar-refractivity contribution in [2.75, 3.05) is 20.0 Å². The van der Waals surface area contributed by atoms with Crippen LogP contribution in [0.4, 0.5) is 0 Å². The van der Waals surface area contributed by atoms with E-state index < -0.39 is 0 Å². The van der Waals surface area contributed by atoms with Crippen molar-refractivity contribution in [1.29, 1.82) is 0 Å². The second kappa shape index (κ2) is 10.0. The fraction of sp³-hybridized carbons (Fsp3) is 1.00. The molecular formula is C21H44O2. The van der Waals surface area contributed by atoms with E-state index in [1.807, 2.05) is 0 Å². The molecule has 0 aromatic rings. The Hall–Kier alpha value is -0.0800. The third-order valence-corrected chi connectivity index (χ3v) is 5.57. The van der Waals surface area contributed by atoms with E-state index in [9.17, 15) is 0 Å². The van der Waals surface area contributed by atoms with Crippen molar-refractivity contribution in [3.05, 3.63) is 0 Å². The van der Waals surface area contributed by atoms with Crippen molar-refractivity contribution < 1.29 is 9.47 Å². The Kier molecular flexibility index (Phi) is 10.00. The first-order valence-corrected chi connectivity index (χ1v) is 9.58. The van der Waals surface area contributed by atoms with Crippen LogP contribution in [-0.4, -0.2) is 20.0 Å². The van der Waals surface area contributed by atoms with Crippen molar-refractivity contribution in [3.63, 3.8) is 0 Å². The Balaban J connectivity index is 4.33. The lowest BCUT2D eigenvalue weighted by atomic mass is 9.74. The average molecular weight is 329 g/mol. The fourth-order valence-corrected chi connectivity index (χ4v) is 3.40. The third-order valence-electron chi connectivity index (χ3n) is 5.57. The summed E-state index contributed by atoms with van der Waals surface area (Å²) in [5.41, 5.74) is 0.466. The van der Waals surface area contributed by atoms with Crippen molar-refractivity contribution in [2.45, 2.75) is 82.1 Å². The lowest BCUT2D eigenvalue weighted by molar-refractivity contribution is -0.116. The first-order chi connectivity index (χ1) is 10.4. The number of rotatable bonds is 12. The fourth-order valence-electron chi connectivity index (χ4n) is 3.40. The van der Waals surface area contributed by atoms with Gasteiger partial charge >= 0.3 is 0 Å². The summed E-state index contributed by atoms with van der Waals surface area (Å²) in [6, 6.07) is 0. The zero-order chi connectivity index (χ0) is 18.3. The molecule has 0 fully saturated rings. The molecule has 2 atom stereocenters. The molecule has 0 amide bonds. The first-order valence-electron chi connectivity index (χ1n) is 9.58. The molecule has 0 aromatic heterocycles. The normalized spacial score (nSPS) is 18.0. The molecule has 0 heterocycles. The summed E-state index contributed by atoms with van der Waals surface area (Å²) in [6.45, 7) is 25.0. The van der Waals surface area contributed by atoms with E-state index in [1.54, 1.807) is 0 Å². The van der Waals surface area contributed by atoms with E-state index >= 15 is 0 Å². The highest BCUT2D eigenvalue weighted by molar-refractivity contribution is 4.80. The molecular weight excluding hydrogens is 284 g/mol. The molecule has 2 nitrogen and oxygen atoms in total. The van der Waals surface area contributed by atoms with Gasteiger partial charge in [0.05, 0.1) is 13.2 Å². The molecule has 2 heteroatoms. The van der Waals surface area contributed by atoms with Gasteiger partial charge in [0.25, 0.3) is 0 Å². The van der Waals surface area contributed by atoms with Crippen LogP contribution in [0.3, 0.4) is 0 Å². The molecule has 0 N–H and O–H groups in total. The topological polar surface area (TPSA) is 18.5 Å². The number of hydrogen-bond acceptors (Lipinski definition) is 2. The maximum absolute atomic E-state index is 5.92. The highest BCUT2D eigenvalue weighted by Crippen LogP contribution is 2.36. The van der Waals surface area contributed by atoms with Crippen LogP contribution in [-0.2, 0) is 9.47 Å². The monoisotopic (exact) mass is 328 g/mol. The van der Waals surface area contributed by atoms with Gasteiger partial charge in [0.1, 0.15) is 6.79 Å². The summed E-state index contributed by atoms with van der Waals surface area (Å²) in [4.78, 5) is 0. The van der Waals surface area contributed by atoms with E-state index in [4.69, 9.17) is 9.47 Å². The molecule has 0 bridgehead atoms. The Morgan fingerprint density at radius 1 is 0.609 bits per heavy atom. The van der Waals surface area contributed by atoms with Gasteiger partial charge in [0, 0.05) is 0 Å². The summed E-state index contributed by atoms with van der Waals surface area (Å²) in [6.07, 6.45) is 2.39. The summed E-state index contributed by atoms with van der Waals surface area (Å²) >= 11 is 0. The van der Waals surface area contributed by atoms with Crippen LogP contribution in [0.2, 0.25) is 0 Å². The maximum Gasteiger partial charge on any atom is 0.146 e. The van der Waals surface area contributed by atoms with Crippen LogP contribution in [0.1, 0.15) is 82.1 Å². The zero-order valence-electron chi connectivity index (χ0n) is 17.7. The van der Waals surface area contributed by atoms with Crippen LogP contribution in [0.25, 0.3) is 0 Å². The molecule has 23 heavy (non-hydrogen) atoms. The predicted octanol–water partition coefficient (Wildman–Crippen LogP) is 6.39. The third kappa shape index (κ3) is 8.54. The number of hydrogen-bond donors (Lipinski definition) is 0. The van der Waals surface area contributed by atoms with Gasteiger partial charge in [0.15, 0.2) is 0 Å². The van der Waals surface area contributed by atoms with Gasteiger partial charge in [-0.1, -0.05) is 69.2 Å². The van der Waals surface area contributed by atoms with Gasteiger partial charge in [-0.3, -0.25) is 0 Å². The molecule has 0 aromatic carbocycles.